The number of benzene rings is 2. The van der Waals surface area contributed by atoms with E-state index in [0.29, 0.717) is 13.0 Å². The number of hydrogen-bond donors (Lipinski definition) is 3. The molecule has 0 saturated carbocycles. The van der Waals surface area contributed by atoms with Crippen LogP contribution in [-0.2, 0) is 17.6 Å². The second-order valence-electron chi connectivity index (χ2n) is 6.66. The van der Waals surface area contributed by atoms with Crippen molar-refractivity contribution >= 4 is 11.6 Å². The van der Waals surface area contributed by atoms with E-state index in [1.54, 1.807) is 12.4 Å². The van der Waals surface area contributed by atoms with Crippen LogP contribution in [-0.4, -0.2) is 29.1 Å². The van der Waals surface area contributed by atoms with Crippen molar-refractivity contribution in [2.75, 3.05) is 18.4 Å². The van der Waals surface area contributed by atoms with Crippen molar-refractivity contribution in [1.29, 1.82) is 0 Å². The van der Waals surface area contributed by atoms with Gasteiger partial charge in [-0.2, -0.15) is 0 Å². The maximum absolute atomic E-state index is 12.1. The highest BCUT2D eigenvalue weighted by Crippen LogP contribution is 2.12. The third kappa shape index (κ3) is 6.30. The third-order valence-corrected chi connectivity index (χ3v) is 4.44. The number of hydrogen-bond acceptors (Lipinski definition) is 4. The summed E-state index contributed by atoms with van der Waals surface area (Å²) in [5, 5.41) is 16.3. The molecule has 1 amide bonds. The molecular formula is C23H25N3O2. The van der Waals surface area contributed by atoms with Gasteiger partial charge in [-0.3, -0.25) is 9.78 Å². The van der Waals surface area contributed by atoms with Gasteiger partial charge in [0, 0.05) is 24.6 Å². The van der Waals surface area contributed by atoms with Gasteiger partial charge < -0.3 is 15.7 Å². The van der Waals surface area contributed by atoms with Crippen LogP contribution >= 0.6 is 0 Å². The number of pyridine rings is 1. The van der Waals surface area contributed by atoms with Gasteiger partial charge in [-0.15, -0.1) is 0 Å². The van der Waals surface area contributed by atoms with Crippen LogP contribution in [0, 0.1) is 0 Å². The third-order valence-electron chi connectivity index (χ3n) is 4.44. The van der Waals surface area contributed by atoms with Crippen LogP contribution in [0.1, 0.15) is 22.8 Å². The Labute approximate surface area is 165 Å². The van der Waals surface area contributed by atoms with E-state index in [4.69, 9.17) is 0 Å². The summed E-state index contributed by atoms with van der Waals surface area (Å²) in [5.41, 5.74) is 3.76. The Bertz CT molecular complexity index is 852. The molecule has 1 aromatic heterocycles. The fourth-order valence-electron chi connectivity index (χ4n) is 2.91. The van der Waals surface area contributed by atoms with E-state index in [9.17, 15) is 9.90 Å². The van der Waals surface area contributed by atoms with Crippen molar-refractivity contribution in [3.63, 3.8) is 0 Å². The monoisotopic (exact) mass is 375 g/mol. The maximum atomic E-state index is 12.1. The van der Waals surface area contributed by atoms with Crippen LogP contribution in [0.2, 0.25) is 0 Å². The van der Waals surface area contributed by atoms with Crippen molar-refractivity contribution in [1.82, 2.24) is 10.3 Å². The molecule has 0 aliphatic rings. The quantitative estimate of drug-likeness (QED) is 0.503. The van der Waals surface area contributed by atoms with E-state index in [-0.39, 0.29) is 5.91 Å². The van der Waals surface area contributed by atoms with Gasteiger partial charge in [-0.05, 0) is 47.9 Å². The maximum Gasteiger partial charge on any atom is 0.228 e. The summed E-state index contributed by atoms with van der Waals surface area (Å²) in [5.74, 6) is -0.0580. The summed E-state index contributed by atoms with van der Waals surface area (Å²) < 4.78 is 0. The zero-order chi connectivity index (χ0) is 19.6. The SMILES string of the molecule is O=C(Cc1cccnc1)Nc1ccc(CCNCC(O)c2ccccc2)cc1. The number of anilines is 1. The fraction of sp³-hybridized carbons (Fsp3) is 0.217. The summed E-state index contributed by atoms with van der Waals surface area (Å²) >= 11 is 0. The summed E-state index contributed by atoms with van der Waals surface area (Å²) in [6.45, 7) is 1.29. The number of carbonyl (C=O) groups is 1. The Hall–Kier alpha value is -3.02. The minimum absolute atomic E-state index is 0.0580. The molecule has 1 atom stereocenters. The van der Waals surface area contributed by atoms with Crippen LogP contribution in [0.4, 0.5) is 5.69 Å². The number of carbonyl (C=O) groups excluding carboxylic acids is 1. The zero-order valence-electron chi connectivity index (χ0n) is 15.7. The summed E-state index contributed by atoms with van der Waals surface area (Å²) in [6, 6.07) is 21.2. The Kier molecular flexibility index (Phi) is 7.29. The lowest BCUT2D eigenvalue weighted by Gasteiger charge is -2.12. The zero-order valence-corrected chi connectivity index (χ0v) is 15.7. The van der Waals surface area contributed by atoms with Gasteiger partial charge in [0.15, 0.2) is 0 Å². The van der Waals surface area contributed by atoms with Gasteiger partial charge in [-0.25, -0.2) is 0 Å². The smallest absolute Gasteiger partial charge is 0.228 e. The van der Waals surface area contributed by atoms with Gasteiger partial charge in [0.05, 0.1) is 12.5 Å². The number of amides is 1. The number of aliphatic hydroxyl groups excluding tert-OH is 1. The largest absolute Gasteiger partial charge is 0.387 e. The van der Waals surface area contributed by atoms with E-state index >= 15 is 0 Å². The summed E-state index contributed by atoms with van der Waals surface area (Å²) in [7, 11) is 0. The Morgan fingerprint density at radius 3 is 2.46 bits per heavy atom. The second-order valence-corrected chi connectivity index (χ2v) is 6.66. The molecule has 28 heavy (non-hydrogen) atoms. The van der Waals surface area contributed by atoms with Gasteiger partial charge >= 0.3 is 0 Å². The lowest BCUT2D eigenvalue weighted by Crippen LogP contribution is -2.23. The van der Waals surface area contributed by atoms with Crippen LogP contribution in [0.25, 0.3) is 0 Å². The highest BCUT2D eigenvalue weighted by atomic mass is 16.3. The van der Waals surface area contributed by atoms with Gasteiger partial charge in [0.1, 0.15) is 0 Å². The Morgan fingerprint density at radius 2 is 1.75 bits per heavy atom. The van der Waals surface area contributed by atoms with Gasteiger partial charge in [-0.1, -0.05) is 48.5 Å². The van der Waals surface area contributed by atoms with Crippen LogP contribution in [0.15, 0.2) is 79.1 Å². The predicted molar refractivity (Wildman–Crippen MR) is 111 cm³/mol. The first kappa shape index (κ1) is 19.7. The molecule has 0 aliphatic carbocycles. The highest BCUT2D eigenvalue weighted by Gasteiger charge is 2.06. The van der Waals surface area contributed by atoms with Crippen LogP contribution in [0.3, 0.4) is 0 Å². The van der Waals surface area contributed by atoms with E-state index < -0.39 is 6.10 Å². The molecule has 0 aliphatic heterocycles. The number of aliphatic hydroxyl groups is 1. The molecule has 0 spiro atoms. The standard InChI is InChI=1S/C23H25N3O2/c27-22(20-6-2-1-3-7-20)17-25-14-12-18-8-10-21(11-9-18)26-23(28)15-19-5-4-13-24-16-19/h1-11,13,16,22,25,27H,12,14-15,17H2,(H,26,28). The van der Waals surface area contributed by atoms with E-state index in [2.05, 4.69) is 15.6 Å². The predicted octanol–water partition coefficient (Wildman–Crippen LogP) is 3.13. The van der Waals surface area contributed by atoms with E-state index in [1.807, 2.05) is 66.7 Å². The molecular weight excluding hydrogens is 350 g/mol. The normalized spacial score (nSPS) is 11.8. The molecule has 2 aromatic carbocycles. The molecule has 5 heteroatoms. The lowest BCUT2D eigenvalue weighted by atomic mass is 10.1. The molecule has 5 nitrogen and oxygen atoms in total. The average Bonchev–Trinajstić information content (AvgIpc) is 2.73. The molecule has 0 saturated heterocycles. The van der Waals surface area contributed by atoms with Crippen molar-refractivity contribution in [3.8, 4) is 0 Å². The summed E-state index contributed by atoms with van der Waals surface area (Å²) in [6.07, 6.45) is 4.05. The minimum atomic E-state index is -0.501. The molecule has 3 rings (SSSR count). The lowest BCUT2D eigenvalue weighted by molar-refractivity contribution is -0.115. The number of aromatic nitrogens is 1. The average molecular weight is 375 g/mol. The highest BCUT2D eigenvalue weighted by molar-refractivity contribution is 5.92. The van der Waals surface area contributed by atoms with E-state index in [0.717, 1.165) is 29.8 Å². The van der Waals surface area contributed by atoms with E-state index in [1.165, 1.54) is 5.56 Å². The molecule has 0 fully saturated rings. The number of rotatable bonds is 9. The fourth-order valence-corrected chi connectivity index (χ4v) is 2.91. The second kappa shape index (κ2) is 10.3. The Balaban J connectivity index is 1.39. The molecule has 0 bridgehead atoms. The molecule has 3 N–H and O–H groups in total. The van der Waals surface area contributed by atoms with Crippen LogP contribution < -0.4 is 10.6 Å². The van der Waals surface area contributed by atoms with Crippen molar-refractivity contribution in [2.45, 2.75) is 18.9 Å². The van der Waals surface area contributed by atoms with Gasteiger partial charge in [0.25, 0.3) is 0 Å². The molecule has 0 radical (unpaired) electrons. The van der Waals surface area contributed by atoms with Crippen molar-refractivity contribution < 1.29 is 9.90 Å². The van der Waals surface area contributed by atoms with Gasteiger partial charge in [0.2, 0.25) is 5.91 Å². The van der Waals surface area contributed by atoms with Crippen molar-refractivity contribution in [3.05, 3.63) is 95.8 Å². The number of nitrogens with zero attached hydrogens (tertiary/aromatic N) is 1. The topological polar surface area (TPSA) is 74.2 Å². The number of nitrogens with one attached hydrogen (secondary N) is 2. The molecule has 144 valence electrons. The first-order valence-electron chi connectivity index (χ1n) is 9.42. The molecule has 1 heterocycles. The molecule has 1 unspecified atom stereocenters. The minimum Gasteiger partial charge on any atom is -0.387 e. The van der Waals surface area contributed by atoms with Crippen molar-refractivity contribution in [2.24, 2.45) is 0 Å². The first-order valence-corrected chi connectivity index (χ1v) is 9.42. The van der Waals surface area contributed by atoms with Crippen LogP contribution in [0.5, 0.6) is 0 Å². The molecule has 3 aromatic rings. The first-order chi connectivity index (χ1) is 13.7. The summed E-state index contributed by atoms with van der Waals surface area (Å²) in [4.78, 5) is 16.1. The Morgan fingerprint density at radius 1 is 0.964 bits per heavy atom.